The number of nitrogens with one attached hydrogen (secondary N) is 1. The Bertz CT molecular complexity index is 734. The molecule has 0 unspecified atom stereocenters. The van der Waals surface area contributed by atoms with E-state index in [1.54, 1.807) is 0 Å². The number of hydrogen-bond donors (Lipinski definition) is 2. The number of hydrogen-bond acceptors (Lipinski definition) is 3. The number of aliphatic hydroxyl groups is 1. The van der Waals surface area contributed by atoms with Gasteiger partial charge >= 0.3 is 5.69 Å². The second kappa shape index (κ2) is 6.73. The molecule has 130 valence electrons. The van der Waals surface area contributed by atoms with Crippen LogP contribution in [0.4, 0.5) is 0 Å². The first-order chi connectivity index (χ1) is 11.8. The van der Waals surface area contributed by atoms with Crippen LogP contribution < -0.4 is 5.69 Å². The fourth-order valence-corrected chi connectivity index (χ4v) is 4.64. The molecule has 0 amide bonds. The number of aliphatic hydroxyl groups excluding tert-OH is 1. The summed E-state index contributed by atoms with van der Waals surface area (Å²) in [7, 11) is 0. The van der Waals surface area contributed by atoms with Crippen LogP contribution in [-0.4, -0.2) is 45.3 Å². The van der Waals surface area contributed by atoms with E-state index in [1.807, 2.05) is 28.8 Å². The van der Waals surface area contributed by atoms with Crippen LogP contribution in [-0.2, 0) is 0 Å². The van der Waals surface area contributed by atoms with Crippen molar-refractivity contribution < 1.29 is 5.11 Å². The predicted octanol–water partition coefficient (Wildman–Crippen LogP) is 2.52. The third-order valence-electron chi connectivity index (χ3n) is 6.08. The quantitative estimate of drug-likeness (QED) is 0.909. The Morgan fingerprint density at radius 2 is 1.71 bits per heavy atom. The van der Waals surface area contributed by atoms with Crippen molar-refractivity contribution in [3.8, 4) is 0 Å². The van der Waals surface area contributed by atoms with Gasteiger partial charge in [0, 0.05) is 31.8 Å². The van der Waals surface area contributed by atoms with E-state index in [9.17, 15) is 9.90 Å². The lowest BCUT2D eigenvalue weighted by molar-refractivity contribution is 0.0828. The lowest BCUT2D eigenvalue weighted by atomic mass is 9.85. The highest BCUT2D eigenvalue weighted by Gasteiger charge is 2.30. The van der Waals surface area contributed by atoms with E-state index in [-0.39, 0.29) is 5.69 Å². The Hall–Kier alpha value is -1.59. The summed E-state index contributed by atoms with van der Waals surface area (Å²) in [4.78, 5) is 18.0. The molecule has 2 aliphatic rings. The van der Waals surface area contributed by atoms with Crippen LogP contribution in [0.3, 0.4) is 0 Å². The second-order valence-corrected chi connectivity index (χ2v) is 7.44. The summed E-state index contributed by atoms with van der Waals surface area (Å²) in [6.45, 7) is 2.49. The van der Waals surface area contributed by atoms with Crippen molar-refractivity contribution in [3.05, 3.63) is 34.7 Å². The smallest absolute Gasteiger partial charge is 0.326 e. The minimum Gasteiger partial charge on any atom is -0.396 e. The fourth-order valence-electron chi connectivity index (χ4n) is 4.64. The Morgan fingerprint density at radius 3 is 2.42 bits per heavy atom. The maximum atomic E-state index is 12.4. The van der Waals surface area contributed by atoms with Crippen molar-refractivity contribution in [1.82, 2.24) is 14.5 Å². The van der Waals surface area contributed by atoms with Gasteiger partial charge in [0.15, 0.2) is 0 Å². The molecular weight excluding hydrogens is 302 g/mol. The van der Waals surface area contributed by atoms with Crippen molar-refractivity contribution >= 4 is 11.0 Å². The summed E-state index contributed by atoms with van der Waals surface area (Å²) in [5.41, 5.74) is 2.00. The van der Waals surface area contributed by atoms with Gasteiger partial charge < -0.3 is 15.0 Å². The van der Waals surface area contributed by atoms with E-state index in [0.29, 0.717) is 24.6 Å². The normalized spacial score (nSPS) is 26.9. The molecule has 4 rings (SSSR count). The Labute approximate surface area is 142 Å². The highest BCUT2D eigenvalue weighted by atomic mass is 16.3. The van der Waals surface area contributed by atoms with Gasteiger partial charge in [-0.1, -0.05) is 12.1 Å². The highest BCUT2D eigenvalue weighted by molar-refractivity contribution is 5.75. The average molecular weight is 329 g/mol. The molecule has 2 fully saturated rings. The molecule has 2 aromatic rings. The first kappa shape index (κ1) is 15.9. The maximum absolute atomic E-state index is 12.4. The van der Waals surface area contributed by atoms with Crippen molar-refractivity contribution in [3.63, 3.8) is 0 Å². The number of likely N-dealkylation sites (tertiary alicyclic amines) is 1. The Balaban J connectivity index is 1.43. The van der Waals surface area contributed by atoms with Crippen LogP contribution in [0.5, 0.6) is 0 Å². The standard InChI is InChI=1S/C19H27N3O2/c23-13-14-5-7-15(8-6-14)21-11-9-16(10-12-21)22-18-4-2-1-3-17(18)20-19(22)24/h1-4,14-16,23H,5-13H2,(H,20,24). The third kappa shape index (κ3) is 2.91. The average Bonchev–Trinajstić information content (AvgIpc) is 2.98. The van der Waals surface area contributed by atoms with E-state index < -0.39 is 0 Å². The Kier molecular flexibility index (Phi) is 4.46. The zero-order chi connectivity index (χ0) is 16.5. The van der Waals surface area contributed by atoms with Crippen molar-refractivity contribution in [2.24, 2.45) is 5.92 Å². The summed E-state index contributed by atoms with van der Waals surface area (Å²) in [5.74, 6) is 0.517. The first-order valence-corrected chi connectivity index (χ1v) is 9.30. The number of aromatic amines is 1. The molecule has 0 bridgehead atoms. The largest absolute Gasteiger partial charge is 0.396 e. The Morgan fingerprint density at radius 1 is 1.00 bits per heavy atom. The van der Waals surface area contributed by atoms with Crippen LogP contribution in [0.15, 0.2) is 29.1 Å². The lowest BCUT2D eigenvalue weighted by Crippen LogP contribution is -2.44. The highest BCUT2D eigenvalue weighted by Crippen LogP contribution is 2.31. The summed E-state index contributed by atoms with van der Waals surface area (Å²) in [6, 6.07) is 8.96. The zero-order valence-corrected chi connectivity index (χ0v) is 14.2. The van der Waals surface area contributed by atoms with Gasteiger partial charge in [0.25, 0.3) is 0 Å². The third-order valence-corrected chi connectivity index (χ3v) is 6.08. The number of nitrogens with zero attached hydrogens (tertiary/aromatic N) is 2. The van der Waals surface area contributed by atoms with Crippen molar-refractivity contribution in [1.29, 1.82) is 0 Å². The van der Waals surface area contributed by atoms with Gasteiger partial charge in [-0.05, 0) is 56.6 Å². The molecule has 0 atom stereocenters. The molecule has 1 saturated carbocycles. The van der Waals surface area contributed by atoms with Gasteiger partial charge in [0.2, 0.25) is 0 Å². The lowest BCUT2D eigenvalue weighted by Gasteiger charge is -2.40. The molecule has 5 nitrogen and oxygen atoms in total. The van der Waals surface area contributed by atoms with Crippen LogP contribution in [0, 0.1) is 5.92 Å². The number of H-pyrrole nitrogens is 1. The molecule has 0 radical (unpaired) electrons. The van der Waals surface area contributed by atoms with Gasteiger partial charge in [-0.25, -0.2) is 4.79 Å². The molecule has 1 aliphatic carbocycles. The minimum atomic E-state index is 0.0260. The monoisotopic (exact) mass is 329 g/mol. The molecule has 24 heavy (non-hydrogen) atoms. The number of fused-ring (bicyclic) bond motifs is 1. The fraction of sp³-hybridized carbons (Fsp3) is 0.632. The van der Waals surface area contributed by atoms with Gasteiger partial charge in [0.05, 0.1) is 11.0 Å². The van der Waals surface area contributed by atoms with Gasteiger partial charge in [0.1, 0.15) is 0 Å². The maximum Gasteiger partial charge on any atom is 0.326 e. The number of benzene rings is 1. The van der Waals surface area contributed by atoms with Crippen LogP contribution >= 0.6 is 0 Å². The van der Waals surface area contributed by atoms with Crippen molar-refractivity contribution in [2.75, 3.05) is 19.7 Å². The van der Waals surface area contributed by atoms with Crippen LogP contribution in [0.25, 0.3) is 11.0 Å². The molecule has 0 spiro atoms. The number of aromatic nitrogens is 2. The van der Waals surface area contributed by atoms with Gasteiger partial charge in [-0.2, -0.15) is 0 Å². The summed E-state index contributed by atoms with van der Waals surface area (Å²) < 4.78 is 1.97. The number of piperidine rings is 1. The van der Waals surface area contributed by atoms with Crippen LogP contribution in [0.1, 0.15) is 44.6 Å². The molecular formula is C19H27N3O2. The van der Waals surface area contributed by atoms with E-state index in [4.69, 9.17) is 0 Å². The van der Waals surface area contributed by atoms with E-state index in [0.717, 1.165) is 49.8 Å². The first-order valence-electron chi connectivity index (χ1n) is 9.30. The molecule has 1 saturated heterocycles. The molecule has 5 heteroatoms. The summed E-state index contributed by atoms with van der Waals surface area (Å²) in [6.07, 6.45) is 6.82. The summed E-state index contributed by atoms with van der Waals surface area (Å²) in [5, 5.41) is 9.29. The topological polar surface area (TPSA) is 61.3 Å². The van der Waals surface area contributed by atoms with Gasteiger partial charge in [-0.15, -0.1) is 0 Å². The number of imidazole rings is 1. The summed E-state index contributed by atoms with van der Waals surface area (Å²) >= 11 is 0. The number of para-hydroxylation sites is 2. The predicted molar refractivity (Wildman–Crippen MR) is 95.2 cm³/mol. The molecule has 1 aromatic carbocycles. The van der Waals surface area contributed by atoms with E-state index in [1.165, 1.54) is 12.8 Å². The van der Waals surface area contributed by atoms with Crippen LogP contribution in [0.2, 0.25) is 0 Å². The zero-order valence-electron chi connectivity index (χ0n) is 14.2. The van der Waals surface area contributed by atoms with Gasteiger partial charge in [-0.3, -0.25) is 4.57 Å². The number of rotatable bonds is 3. The molecule has 2 N–H and O–H groups in total. The molecule has 2 heterocycles. The second-order valence-electron chi connectivity index (χ2n) is 7.44. The SMILES string of the molecule is O=c1[nH]c2ccccc2n1C1CCN(C2CCC(CO)CC2)CC1. The molecule has 1 aromatic heterocycles. The van der Waals surface area contributed by atoms with E-state index >= 15 is 0 Å². The van der Waals surface area contributed by atoms with Crippen molar-refractivity contribution in [2.45, 2.75) is 50.6 Å². The molecule has 1 aliphatic heterocycles. The minimum absolute atomic E-state index is 0.0260. The van der Waals surface area contributed by atoms with E-state index in [2.05, 4.69) is 9.88 Å².